The van der Waals surface area contributed by atoms with E-state index in [1.54, 1.807) is 0 Å². The van der Waals surface area contributed by atoms with Crippen LogP contribution in [-0.2, 0) is 10.0 Å². The topological polar surface area (TPSA) is 46.2 Å². The second-order valence-electron chi connectivity index (χ2n) is 4.43. The Morgan fingerprint density at radius 2 is 2.07 bits per heavy atom. The van der Waals surface area contributed by atoms with E-state index in [4.69, 9.17) is 11.6 Å². The van der Waals surface area contributed by atoms with Crippen molar-refractivity contribution in [1.29, 1.82) is 0 Å². The summed E-state index contributed by atoms with van der Waals surface area (Å²) in [6.07, 6.45) is 5.11. The van der Waals surface area contributed by atoms with E-state index in [1.807, 2.05) is 0 Å². The molecule has 0 saturated heterocycles. The van der Waals surface area contributed by atoms with Crippen LogP contribution in [0, 0.1) is 5.41 Å². The number of halogens is 1. The predicted molar refractivity (Wildman–Crippen MR) is 63.7 cm³/mol. The van der Waals surface area contributed by atoms with Gasteiger partial charge in [0.15, 0.2) is 0 Å². The molecule has 15 heavy (non-hydrogen) atoms. The summed E-state index contributed by atoms with van der Waals surface area (Å²) in [6, 6.07) is 0. The minimum absolute atomic E-state index is 0.151. The molecule has 1 aliphatic rings. The van der Waals surface area contributed by atoms with Crippen LogP contribution in [0.1, 0.15) is 39.0 Å². The van der Waals surface area contributed by atoms with Gasteiger partial charge in [-0.25, -0.2) is 13.1 Å². The molecule has 0 atom stereocenters. The highest BCUT2D eigenvalue weighted by atomic mass is 35.5. The van der Waals surface area contributed by atoms with Gasteiger partial charge in [-0.05, 0) is 31.1 Å². The van der Waals surface area contributed by atoms with Crippen molar-refractivity contribution in [3.8, 4) is 0 Å². The Balaban J connectivity index is 2.30. The fourth-order valence-electron chi connectivity index (χ4n) is 1.80. The van der Waals surface area contributed by atoms with Gasteiger partial charge in [0.2, 0.25) is 10.0 Å². The lowest BCUT2D eigenvalue weighted by atomic mass is 10.0. The monoisotopic (exact) mass is 253 g/mol. The van der Waals surface area contributed by atoms with Gasteiger partial charge in [0, 0.05) is 12.4 Å². The molecule has 1 rings (SSSR count). The Labute approximate surface area is 97.6 Å². The Bertz CT molecular complexity index is 286. The highest BCUT2D eigenvalue weighted by Crippen LogP contribution is 2.48. The molecule has 0 unspecified atom stereocenters. The molecule has 0 aliphatic heterocycles. The first-order valence-electron chi connectivity index (χ1n) is 5.57. The summed E-state index contributed by atoms with van der Waals surface area (Å²) >= 11 is 5.47. The number of hydrogen-bond acceptors (Lipinski definition) is 2. The van der Waals surface area contributed by atoms with Crippen molar-refractivity contribution < 1.29 is 8.42 Å². The largest absolute Gasteiger partial charge is 0.215 e. The predicted octanol–water partition coefficient (Wildman–Crippen LogP) is 2.12. The van der Waals surface area contributed by atoms with Gasteiger partial charge >= 0.3 is 0 Å². The number of hydrogen-bond donors (Lipinski definition) is 1. The van der Waals surface area contributed by atoms with E-state index in [1.165, 1.54) is 12.8 Å². The molecule has 90 valence electrons. The van der Waals surface area contributed by atoms with Crippen molar-refractivity contribution in [3.63, 3.8) is 0 Å². The molecule has 0 bridgehead atoms. The molecule has 5 heteroatoms. The van der Waals surface area contributed by atoms with Gasteiger partial charge in [-0.15, -0.1) is 11.6 Å². The van der Waals surface area contributed by atoms with Crippen LogP contribution >= 0.6 is 11.6 Å². The zero-order valence-corrected chi connectivity index (χ0v) is 10.8. The Kier molecular flexibility index (Phi) is 4.87. The minimum Gasteiger partial charge on any atom is -0.215 e. The van der Waals surface area contributed by atoms with Gasteiger partial charge in [0.1, 0.15) is 0 Å². The van der Waals surface area contributed by atoms with Crippen LogP contribution in [0.15, 0.2) is 0 Å². The zero-order chi connectivity index (χ0) is 11.4. The van der Waals surface area contributed by atoms with Crippen LogP contribution in [0.4, 0.5) is 0 Å². The summed E-state index contributed by atoms with van der Waals surface area (Å²) < 4.78 is 25.7. The van der Waals surface area contributed by atoms with Crippen LogP contribution in [0.5, 0.6) is 0 Å². The van der Waals surface area contributed by atoms with Crippen LogP contribution in [-0.4, -0.2) is 26.6 Å². The van der Waals surface area contributed by atoms with Gasteiger partial charge in [0.05, 0.1) is 5.75 Å². The lowest BCUT2D eigenvalue weighted by molar-refractivity contribution is 0.449. The molecular weight excluding hydrogens is 234 g/mol. The van der Waals surface area contributed by atoms with Crippen molar-refractivity contribution in [2.75, 3.05) is 18.2 Å². The average Bonchev–Trinajstić information content (AvgIpc) is 2.94. The Morgan fingerprint density at radius 1 is 1.40 bits per heavy atom. The van der Waals surface area contributed by atoms with Crippen molar-refractivity contribution in [3.05, 3.63) is 0 Å². The highest BCUT2D eigenvalue weighted by Gasteiger charge is 2.41. The van der Waals surface area contributed by atoms with Gasteiger partial charge in [-0.1, -0.05) is 13.3 Å². The lowest BCUT2D eigenvalue weighted by Crippen LogP contribution is -2.32. The molecule has 1 saturated carbocycles. The summed E-state index contributed by atoms with van der Waals surface area (Å²) in [4.78, 5) is 0. The maximum Gasteiger partial charge on any atom is 0.211 e. The molecule has 1 aliphatic carbocycles. The fourth-order valence-corrected chi connectivity index (χ4v) is 3.29. The lowest BCUT2D eigenvalue weighted by Gasteiger charge is -2.14. The van der Waals surface area contributed by atoms with E-state index in [0.717, 1.165) is 12.8 Å². The van der Waals surface area contributed by atoms with Crippen molar-refractivity contribution >= 4 is 21.6 Å². The second kappa shape index (κ2) is 5.51. The first kappa shape index (κ1) is 13.3. The number of rotatable bonds is 8. The summed E-state index contributed by atoms with van der Waals surface area (Å²) in [5, 5.41) is 0. The Morgan fingerprint density at radius 3 is 2.53 bits per heavy atom. The molecule has 0 spiro atoms. The quantitative estimate of drug-likeness (QED) is 0.674. The van der Waals surface area contributed by atoms with Crippen molar-refractivity contribution in [1.82, 2.24) is 4.72 Å². The van der Waals surface area contributed by atoms with E-state index in [9.17, 15) is 8.42 Å². The van der Waals surface area contributed by atoms with Gasteiger partial charge < -0.3 is 0 Å². The van der Waals surface area contributed by atoms with Gasteiger partial charge in [-0.3, -0.25) is 0 Å². The average molecular weight is 254 g/mol. The van der Waals surface area contributed by atoms with Crippen LogP contribution in [0.2, 0.25) is 0 Å². The first-order valence-corrected chi connectivity index (χ1v) is 7.76. The summed E-state index contributed by atoms with van der Waals surface area (Å²) in [6.45, 7) is 2.76. The minimum atomic E-state index is -3.09. The molecule has 0 radical (unpaired) electrons. The molecule has 0 aromatic carbocycles. The summed E-state index contributed by atoms with van der Waals surface area (Å²) in [5.74, 6) is 0.555. The molecule has 0 amide bonds. The maximum absolute atomic E-state index is 11.5. The van der Waals surface area contributed by atoms with Gasteiger partial charge in [0.25, 0.3) is 0 Å². The molecule has 1 fully saturated rings. The van der Waals surface area contributed by atoms with Crippen molar-refractivity contribution in [2.24, 2.45) is 5.41 Å². The normalized spacial score (nSPS) is 19.1. The third-order valence-electron chi connectivity index (χ3n) is 2.95. The molecule has 0 heterocycles. The third kappa shape index (κ3) is 4.70. The van der Waals surface area contributed by atoms with E-state index in [-0.39, 0.29) is 11.2 Å². The molecule has 1 N–H and O–H groups in total. The first-order chi connectivity index (χ1) is 7.04. The van der Waals surface area contributed by atoms with E-state index >= 15 is 0 Å². The van der Waals surface area contributed by atoms with Crippen LogP contribution in [0.3, 0.4) is 0 Å². The second-order valence-corrected chi connectivity index (χ2v) is 6.74. The summed E-state index contributed by atoms with van der Waals surface area (Å²) in [5.41, 5.74) is 0.281. The summed E-state index contributed by atoms with van der Waals surface area (Å²) in [7, 11) is -3.09. The Hall–Kier alpha value is 0.200. The molecule has 3 nitrogen and oxygen atoms in total. The van der Waals surface area contributed by atoms with Gasteiger partial charge in [-0.2, -0.15) is 0 Å². The third-order valence-corrected chi connectivity index (χ3v) is 4.63. The molecule has 0 aromatic rings. The fraction of sp³-hybridized carbons (Fsp3) is 1.00. The SMILES string of the molecule is CCCC1(CNS(=O)(=O)CCCCl)CC1. The molecular formula is C10H20ClNO2S. The smallest absolute Gasteiger partial charge is 0.211 e. The van der Waals surface area contributed by atoms with Crippen LogP contribution in [0.25, 0.3) is 0 Å². The standard InChI is InChI=1S/C10H20ClNO2S/c1-2-4-10(5-6-10)9-12-15(13,14)8-3-7-11/h12H,2-9H2,1H3. The number of alkyl halides is 1. The van der Waals surface area contributed by atoms with Crippen molar-refractivity contribution in [2.45, 2.75) is 39.0 Å². The van der Waals surface area contributed by atoms with E-state index in [0.29, 0.717) is 18.8 Å². The van der Waals surface area contributed by atoms with E-state index in [2.05, 4.69) is 11.6 Å². The molecule has 0 aromatic heterocycles. The highest BCUT2D eigenvalue weighted by molar-refractivity contribution is 7.89. The number of nitrogens with one attached hydrogen (secondary N) is 1. The maximum atomic E-state index is 11.5. The zero-order valence-electron chi connectivity index (χ0n) is 9.26. The number of sulfonamides is 1. The van der Waals surface area contributed by atoms with E-state index < -0.39 is 10.0 Å². The van der Waals surface area contributed by atoms with Crippen LogP contribution < -0.4 is 4.72 Å².